The highest BCUT2D eigenvalue weighted by Crippen LogP contribution is 2.25. The van der Waals surface area contributed by atoms with Crippen molar-refractivity contribution >= 4 is 17.6 Å². The fraction of sp³-hybridized carbons (Fsp3) is 0.0769. The number of aromatic nitrogens is 1. The van der Waals surface area contributed by atoms with Crippen LogP contribution in [-0.2, 0) is 0 Å². The van der Waals surface area contributed by atoms with Gasteiger partial charge in [-0.25, -0.2) is 9.78 Å². The van der Waals surface area contributed by atoms with E-state index >= 15 is 0 Å². The molecule has 2 aromatic rings. The van der Waals surface area contributed by atoms with Gasteiger partial charge in [0.15, 0.2) is 0 Å². The van der Waals surface area contributed by atoms with E-state index in [9.17, 15) is 4.79 Å². The quantitative estimate of drug-likeness (QED) is 0.870. The van der Waals surface area contributed by atoms with Crippen molar-refractivity contribution in [3.05, 3.63) is 47.1 Å². The number of carboxylic acids is 1. The summed E-state index contributed by atoms with van der Waals surface area (Å²) in [5.41, 5.74) is 0.0119. The van der Waals surface area contributed by atoms with E-state index in [-0.39, 0.29) is 16.6 Å². The number of pyridine rings is 1. The Morgan fingerprint density at radius 2 is 2.00 bits per heavy atom. The molecule has 1 N–H and O–H groups in total. The van der Waals surface area contributed by atoms with E-state index in [4.69, 9.17) is 26.2 Å². The summed E-state index contributed by atoms with van der Waals surface area (Å²) in [4.78, 5) is 14.8. The summed E-state index contributed by atoms with van der Waals surface area (Å²) in [5, 5.41) is 8.97. The Bertz CT molecular complexity index is 615. The summed E-state index contributed by atoms with van der Waals surface area (Å²) < 4.78 is 10.5. The average molecular weight is 280 g/mol. The summed E-state index contributed by atoms with van der Waals surface area (Å²) in [6.07, 6.45) is 0. The Morgan fingerprint density at radius 1 is 1.26 bits per heavy atom. The zero-order valence-corrected chi connectivity index (χ0v) is 10.7. The highest BCUT2D eigenvalue weighted by atomic mass is 35.5. The largest absolute Gasteiger partial charge is 0.497 e. The molecule has 0 aliphatic rings. The smallest absolute Gasteiger partial charge is 0.335 e. The molecule has 5 nitrogen and oxygen atoms in total. The molecule has 0 fully saturated rings. The highest BCUT2D eigenvalue weighted by Gasteiger charge is 2.09. The number of halogens is 1. The Balaban J connectivity index is 2.29. The van der Waals surface area contributed by atoms with Crippen LogP contribution in [0.15, 0.2) is 36.4 Å². The number of hydrogen-bond donors (Lipinski definition) is 1. The molecule has 0 bridgehead atoms. The normalized spacial score (nSPS) is 10.0. The van der Waals surface area contributed by atoms with Gasteiger partial charge in [-0.3, -0.25) is 0 Å². The Labute approximate surface area is 114 Å². The number of nitrogens with zero attached hydrogens (tertiary/aromatic N) is 1. The first kappa shape index (κ1) is 13.2. The topological polar surface area (TPSA) is 68.7 Å². The average Bonchev–Trinajstić information content (AvgIpc) is 2.38. The summed E-state index contributed by atoms with van der Waals surface area (Å²) >= 11 is 5.74. The lowest BCUT2D eigenvalue weighted by molar-refractivity contribution is 0.0696. The van der Waals surface area contributed by atoms with Gasteiger partial charge in [0.05, 0.1) is 12.7 Å². The number of carboxylic acid groups (broad SMARTS) is 1. The maximum absolute atomic E-state index is 10.9. The molecule has 1 heterocycles. The number of aromatic carboxylic acids is 1. The molecule has 19 heavy (non-hydrogen) atoms. The first-order chi connectivity index (χ1) is 9.08. The van der Waals surface area contributed by atoms with Gasteiger partial charge in [-0.2, -0.15) is 0 Å². The van der Waals surface area contributed by atoms with E-state index in [2.05, 4.69) is 4.98 Å². The van der Waals surface area contributed by atoms with E-state index in [1.165, 1.54) is 12.1 Å². The zero-order valence-electron chi connectivity index (χ0n) is 9.96. The number of benzene rings is 1. The lowest BCUT2D eigenvalue weighted by Gasteiger charge is -2.07. The highest BCUT2D eigenvalue weighted by molar-refractivity contribution is 6.29. The van der Waals surface area contributed by atoms with Crippen molar-refractivity contribution in [2.75, 3.05) is 7.11 Å². The maximum Gasteiger partial charge on any atom is 0.335 e. The second-order valence-corrected chi connectivity index (χ2v) is 3.99. The lowest BCUT2D eigenvalue weighted by Crippen LogP contribution is -1.98. The standard InChI is InChI=1S/C13H10ClNO4/c1-18-9-3-2-4-10(7-9)19-12-6-8(13(16)17)5-11(14)15-12/h2-7H,1H3,(H,16,17). The van der Waals surface area contributed by atoms with Gasteiger partial charge in [-0.1, -0.05) is 17.7 Å². The number of carbonyl (C=O) groups is 1. The van der Waals surface area contributed by atoms with Crippen molar-refractivity contribution in [3.63, 3.8) is 0 Å². The van der Waals surface area contributed by atoms with Gasteiger partial charge >= 0.3 is 5.97 Å². The molecule has 1 aromatic heterocycles. The molecule has 0 amide bonds. The van der Waals surface area contributed by atoms with Crippen LogP contribution in [0, 0.1) is 0 Å². The molecule has 0 unspecified atom stereocenters. The van der Waals surface area contributed by atoms with Crippen LogP contribution in [0.4, 0.5) is 0 Å². The summed E-state index contributed by atoms with van der Waals surface area (Å²) in [6, 6.07) is 9.42. The third-order valence-corrected chi connectivity index (χ3v) is 2.47. The molecular formula is C13H10ClNO4. The van der Waals surface area contributed by atoms with Gasteiger partial charge in [-0.15, -0.1) is 0 Å². The number of methoxy groups -OCH3 is 1. The van der Waals surface area contributed by atoms with Gasteiger partial charge in [0.2, 0.25) is 5.88 Å². The zero-order chi connectivity index (χ0) is 13.8. The summed E-state index contributed by atoms with van der Waals surface area (Å²) in [7, 11) is 1.54. The summed E-state index contributed by atoms with van der Waals surface area (Å²) in [5.74, 6) is 0.112. The molecule has 0 aliphatic heterocycles. The number of ether oxygens (including phenoxy) is 2. The molecule has 0 radical (unpaired) electrons. The van der Waals surface area contributed by atoms with E-state index in [1.807, 2.05) is 0 Å². The van der Waals surface area contributed by atoms with Gasteiger partial charge in [0.25, 0.3) is 0 Å². The molecule has 0 saturated carbocycles. The first-order valence-corrected chi connectivity index (χ1v) is 5.69. The van der Waals surface area contributed by atoms with Crippen molar-refractivity contribution in [2.24, 2.45) is 0 Å². The van der Waals surface area contributed by atoms with Gasteiger partial charge in [0, 0.05) is 12.1 Å². The molecule has 0 aliphatic carbocycles. The Morgan fingerprint density at radius 3 is 2.68 bits per heavy atom. The molecule has 2 rings (SSSR count). The fourth-order valence-corrected chi connectivity index (χ4v) is 1.63. The van der Waals surface area contributed by atoms with Crippen LogP contribution in [0.25, 0.3) is 0 Å². The van der Waals surface area contributed by atoms with Crippen LogP contribution in [0.2, 0.25) is 5.15 Å². The first-order valence-electron chi connectivity index (χ1n) is 5.31. The van der Waals surface area contributed by atoms with Crippen molar-refractivity contribution in [1.29, 1.82) is 0 Å². The molecule has 0 atom stereocenters. The van der Waals surface area contributed by atoms with E-state index in [1.54, 1.807) is 31.4 Å². The second kappa shape index (κ2) is 5.58. The minimum Gasteiger partial charge on any atom is -0.497 e. The molecule has 0 saturated heterocycles. The van der Waals surface area contributed by atoms with Gasteiger partial charge < -0.3 is 14.6 Å². The van der Waals surface area contributed by atoms with Crippen molar-refractivity contribution in [2.45, 2.75) is 0 Å². The van der Waals surface area contributed by atoms with E-state index in [0.717, 1.165) is 0 Å². The molecule has 0 spiro atoms. The minimum atomic E-state index is -1.10. The molecule has 6 heteroatoms. The number of hydrogen-bond acceptors (Lipinski definition) is 4. The van der Waals surface area contributed by atoms with E-state index in [0.29, 0.717) is 11.5 Å². The van der Waals surface area contributed by atoms with Crippen molar-refractivity contribution in [1.82, 2.24) is 4.98 Å². The third-order valence-electron chi connectivity index (χ3n) is 2.28. The maximum atomic E-state index is 10.9. The minimum absolute atomic E-state index is 0.0119. The van der Waals surface area contributed by atoms with Gasteiger partial charge in [0.1, 0.15) is 16.7 Å². The van der Waals surface area contributed by atoms with Crippen molar-refractivity contribution in [3.8, 4) is 17.4 Å². The van der Waals surface area contributed by atoms with Crippen LogP contribution in [0.1, 0.15) is 10.4 Å². The SMILES string of the molecule is COc1cccc(Oc2cc(C(=O)O)cc(Cl)n2)c1. The van der Waals surface area contributed by atoms with Gasteiger partial charge in [-0.05, 0) is 18.2 Å². The van der Waals surface area contributed by atoms with Crippen LogP contribution in [-0.4, -0.2) is 23.2 Å². The predicted octanol–water partition coefficient (Wildman–Crippen LogP) is 3.23. The Kier molecular flexibility index (Phi) is 3.87. The number of rotatable bonds is 4. The molecular weight excluding hydrogens is 270 g/mol. The van der Waals surface area contributed by atoms with Crippen LogP contribution in [0.5, 0.6) is 17.4 Å². The molecule has 98 valence electrons. The third kappa shape index (κ3) is 3.35. The van der Waals surface area contributed by atoms with Crippen LogP contribution in [0.3, 0.4) is 0 Å². The van der Waals surface area contributed by atoms with Crippen molar-refractivity contribution < 1.29 is 19.4 Å². The van der Waals surface area contributed by atoms with Crippen LogP contribution < -0.4 is 9.47 Å². The second-order valence-electron chi connectivity index (χ2n) is 3.60. The van der Waals surface area contributed by atoms with E-state index < -0.39 is 5.97 Å². The Hall–Kier alpha value is -2.27. The monoisotopic (exact) mass is 279 g/mol. The molecule has 1 aromatic carbocycles. The predicted molar refractivity (Wildman–Crippen MR) is 69.3 cm³/mol. The lowest BCUT2D eigenvalue weighted by atomic mass is 10.3. The van der Waals surface area contributed by atoms with Crippen LogP contribution >= 0.6 is 11.6 Å². The fourth-order valence-electron chi connectivity index (χ4n) is 1.43. The summed E-state index contributed by atoms with van der Waals surface area (Å²) in [6.45, 7) is 0.